The summed E-state index contributed by atoms with van der Waals surface area (Å²) in [4.78, 5) is 4.05. The molecule has 0 amide bonds. The van der Waals surface area contributed by atoms with Crippen molar-refractivity contribution in [3.05, 3.63) is 54.6 Å². The molecule has 0 fully saturated rings. The van der Waals surface area contributed by atoms with E-state index in [1.54, 1.807) is 0 Å². The summed E-state index contributed by atoms with van der Waals surface area (Å²) >= 11 is 0. The Morgan fingerprint density at radius 3 is 2.80 bits per heavy atom. The summed E-state index contributed by atoms with van der Waals surface area (Å²) in [6.45, 7) is 4.45. The molecule has 2 aromatic rings. The molecule has 3 nitrogen and oxygen atoms in total. The van der Waals surface area contributed by atoms with Crippen molar-refractivity contribution in [2.45, 2.75) is 45.2 Å². The van der Waals surface area contributed by atoms with Gasteiger partial charge in [-0.1, -0.05) is 30.3 Å². The fraction of sp³-hybridized carbons (Fsp3) is 0.471. The van der Waals surface area contributed by atoms with Gasteiger partial charge in [0.25, 0.3) is 0 Å². The molecule has 1 aromatic heterocycles. The van der Waals surface area contributed by atoms with Crippen LogP contribution in [0.25, 0.3) is 0 Å². The number of nitrogens with one attached hydrogen (secondary N) is 1. The van der Waals surface area contributed by atoms with Gasteiger partial charge in [-0.15, -0.1) is 0 Å². The highest BCUT2D eigenvalue weighted by Crippen LogP contribution is 2.05. The molecule has 1 heterocycles. The first-order valence-corrected chi connectivity index (χ1v) is 7.57. The normalized spacial score (nSPS) is 12.4. The van der Waals surface area contributed by atoms with Crippen molar-refractivity contribution in [2.24, 2.45) is 0 Å². The van der Waals surface area contributed by atoms with Crippen LogP contribution in [-0.2, 0) is 13.0 Å². The minimum atomic E-state index is 0.587. The van der Waals surface area contributed by atoms with E-state index >= 15 is 0 Å². The molecule has 0 spiro atoms. The molecule has 0 radical (unpaired) electrons. The molecular formula is C17H25N3. The minimum Gasteiger partial charge on any atom is -0.337 e. The number of aromatic nitrogens is 2. The molecule has 2 rings (SSSR count). The van der Waals surface area contributed by atoms with E-state index in [0.29, 0.717) is 6.04 Å². The first kappa shape index (κ1) is 14.8. The van der Waals surface area contributed by atoms with Gasteiger partial charge in [0.2, 0.25) is 0 Å². The van der Waals surface area contributed by atoms with Crippen LogP contribution in [0.15, 0.2) is 49.1 Å². The van der Waals surface area contributed by atoms with Gasteiger partial charge in [-0.2, -0.15) is 0 Å². The zero-order valence-electron chi connectivity index (χ0n) is 12.3. The van der Waals surface area contributed by atoms with Crippen LogP contribution in [-0.4, -0.2) is 22.1 Å². The maximum absolute atomic E-state index is 4.05. The van der Waals surface area contributed by atoms with Crippen LogP contribution < -0.4 is 5.32 Å². The monoisotopic (exact) mass is 271 g/mol. The standard InChI is InChI=1S/C17H25N3/c1-16(9-10-17-7-3-2-4-8-17)19-11-5-6-13-20-14-12-18-15-20/h2-4,7-8,12,14-16,19H,5-6,9-11,13H2,1H3. The van der Waals surface area contributed by atoms with Crippen molar-refractivity contribution in [3.63, 3.8) is 0 Å². The van der Waals surface area contributed by atoms with Gasteiger partial charge in [-0.25, -0.2) is 4.98 Å². The lowest BCUT2D eigenvalue weighted by atomic mass is 10.1. The summed E-state index contributed by atoms with van der Waals surface area (Å²) in [6.07, 6.45) is 10.5. The molecule has 20 heavy (non-hydrogen) atoms. The highest BCUT2D eigenvalue weighted by atomic mass is 15.0. The van der Waals surface area contributed by atoms with E-state index in [2.05, 4.69) is 52.1 Å². The molecule has 108 valence electrons. The molecule has 1 aromatic carbocycles. The van der Waals surface area contributed by atoms with Crippen LogP contribution in [0, 0.1) is 0 Å². The Bertz CT molecular complexity index is 450. The van der Waals surface area contributed by atoms with Crippen molar-refractivity contribution in [2.75, 3.05) is 6.54 Å². The van der Waals surface area contributed by atoms with E-state index in [1.807, 2.05) is 18.7 Å². The number of nitrogens with zero attached hydrogens (tertiary/aromatic N) is 2. The van der Waals surface area contributed by atoms with Crippen LogP contribution in [0.5, 0.6) is 0 Å². The minimum absolute atomic E-state index is 0.587. The Morgan fingerprint density at radius 1 is 1.20 bits per heavy atom. The van der Waals surface area contributed by atoms with Gasteiger partial charge in [0.05, 0.1) is 6.33 Å². The van der Waals surface area contributed by atoms with E-state index in [9.17, 15) is 0 Å². The number of rotatable bonds is 9. The summed E-state index contributed by atoms with van der Waals surface area (Å²) in [5.74, 6) is 0. The lowest BCUT2D eigenvalue weighted by Crippen LogP contribution is -2.27. The second-order valence-corrected chi connectivity index (χ2v) is 5.39. The molecule has 0 bridgehead atoms. The van der Waals surface area contributed by atoms with Gasteiger partial charge in [0.15, 0.2) is 0 Å². The van der Waals surface area contributed by atoms with Gasteiger partial charge in [0.1, 0.15) is 0 Å². The SMILES string of the molecule is CC(CCc1ccccc1)NCCCCn1ccnc1. The van der Waals surface area contributed by atoms with Crippen molar-refractivity contribution >= 4 is 0 Å². The number of benzene rings is 1. The fourth-order valence-electron chi connectivity index (χ4n) is 2.32. The van der Waals surface area contributed by atoms with Crippen molar-refractivity contribution in [1.82, 2.24) is 14.9 Å². The molecule has 1 unspecified atom stereocenters. The molecule has 3 heteroatoms. The Kier molecular flexibility index (Phi) is 6.32. The zero-order chi connectivity index (χ0) is 14.0. The van der Waals surface area contributed by atoms with Crippen LogP contribution in [0.2, 0.25) is 0 Å². The Labute approximate surface area is 122 Å². The van der Waals surface area contributed by atoms with Gasteiger partial charge >= 0.3 is 0 Å². The summed E-state index contributed by atoms with van der Waals surface area (Å²) in [5, 5.41) is 3.61. The zero-order valence-corrected chi connectivity index (χ0v) is 12.3. The summed E-state index contributed by atoms with van der Waals surface area (Å²) < 4.78 is 2.14. The predicted molar refractivity (Wildman–Crippen MR) is 83.7 cm³/mol. The maximum atomic E-state index is 4.05. The molecule has 0 aliphatic rings. The average Bonchev–Trinajstić information content (AvgIpc) is 2.99. The van der Waals surface area contributed by atoms with E-state index in [4.69, 9.17) is 0 Å². The van der Waals surface area contributed by atoms with E-state index in [-0.39, 0.29) is 0 Å². The molecule has 1 N–H and O–H groups in total. The first-order chi connectivity index (χ1) is 9.84. The molecule has 0 aliphatic carbocycles. The lowest BCUT2D eigenvalue weighted by molar-refractivity contribution is 0.488. The van der Waals surface area contributed by atoms with Crippen LogP contribution in [0.3, 0.4) is 0 Å². The van der Waals surface area contributed by atoms with Crippen molar-refractivity contribution in [3.8, 4) is 0 Å². The van der Waals surface area contributed by atoms with Gasteiger partial charge in [-0.05, 0) is 44.7 Å². The fourth-order valence-corrected chi connectivity index (χ4v) is 2.32. The van der Waals surface area contributed by atoms with Gasteiger partial charge < -0.3 is 9.88 Å². The number of hydrogen-bond donors (Lipinski definition) is 1. The van der Waals surface area contributed by atoms with Gasteiger partial charge in [-0.3, -0.25) is 0 Å². The number of unbranched alkanes of at least 4 members (excludes halogenated alkanes) is 1. The average molecular weight is 271 g/mol. The summed E-state index contributed by atoms with van der Waals surface area (Å²) in [7, 11) is 0. The first-order valence-electron chi connectivity index (χ1n) is 7.57. The van der Waals surface area contributed by atoms with E-state index in [0.717, 1.165) is 19.5 Å². The number of hydrogen-bond acceptors (Lipinski definition) is 2. The quantitative estimate of drug-likeness (QED) is 0.709. The third-order valence-corrected chi connectivity index (χ3v) is 3.60. The van der Waals surface area contributed by atoms with Crippen molar-refractivity contribution < 1.29 is 0 Å². The van der Waals surface area contributed by atoms with E-state index in [1.165, 1.54) is 24.8 Å². The van der Waals surface area contributed by atoms with Crippen LogP contribution in [0.4, 0.5) is 0 Å². The topological polar surface area (TPSA) is 29.9 Å². The third kappa shape index (κ3) is 5.57. The molecule has 0 saturated heterocycles. The smallest absolute Gasteiger partial charge is 0.0945 e. The van der Waals surface area contributed by atoms with Crippen LogP contribution in [0.1, 0.15) is 31.7 Å². The molecule has 0 saturated carbocycles. The Balaban J connectivity index is 1.51. The van der Waals surface area contributed by atoms with Crippen molar-refractivity contribution in [1.29, 1.82) is 0 Å². The van der Waals surface area contributed by atoms with Crippen LogP contribution >= 0.6 is 0 Å². The van der Waals surface area contributed by atoms with Gasteiger partial charge in [0, 0.05) is 25.0 Å². The molecule has 0 aliphatic heterocycles. The predicted octanol–water partition coefficient (Wildman–Crippen LogP) is 3.27. The maximum Gasteiger partial charge on any atom is 0.0945 e. The highest BCUT2D eigenvalue weighted by Gasteiger charge is 2.01. The van der Waals surface area contributed by atoms with E-state index < -0.39 is 0 Å². The Morgan fingerprint density at radius 2 is 2.05 bits per heavy atom. The third-order valence-electron chi connectivity index (χ3n) is 3.60. The number of aryl methyl sites for hydroxylation is 2. The molecule has 1 atom stereocenters. The Hall–Kier alpha value is -1.61. The lowest BCUT2D eigenvalue weighted by Gasteiger charge is -2.13. The summed E-state index contributed by atoms with van der Waals surface area (Å²) in [5.41, 5.74) is 1.43. The largest absolute Gasteiger partial charge is 0.337 e. The summed E-state index contributed by atoms with van der Waals surface area (Å²) in [6, 6.07) is 11.3. The molecular weight excluding hydrogens is 246 g/mol. The second kappa shape index (κ2) is 8.54. The second-order valence-electron chi connectivity index (χ2n) is 5.39. The number of imidazole rings is 1. The highest BCUT2D eigenvalue weighted by molar-refractivity contribution is 5.14.